The van der Waals surface area contributed by atoms with Gasteiger partial charge in [0.2, 0.25) is 5.91 Å². The van der Waals surface area contributed by atoms with Crippen molar-refractivity contribution in [3.8, 4) is 0 Å². The summed E-state index contributed by atoms with van der Waals surface area (Å²) in [7, 11) is 0. The van der Waals surface area contributed by atoms with Crippen LogP contribution < -0.4 is 5.56 Å². The summed E-state index contributed by atoms with van der Waals surface area (Å²) in [6.07, 6.45) is 3.71. The van der Waals surface area contributed by atoms with Gasteiger partial charge in [0.05, 0.1) is 30.0 Å². The van der Waals surface area contributed by atoms with Crippen molar-refractivity contribution >= 4 is 16.8 Å². The topological polar surface area (TPSA) is 81.2 Å². The molecule has 23 heavy (non-hydrogen) atoms. The summed E-state index contributed by atoms with van der Waals surface area (Å²) in [6, 6.07) is 7.11. The SMILES string of the molecule is O=C(Cn1cnc2ccccc2c1=O)N1CCc2oncc2C1. The van der Waals surface area contributed by atoms with Gasteiger partial charge in [-0.1, -0.05) is 17.3 Å². The Labute approximate surface area is 131 Å². The molecule has 0 atom stereocenters. The number of hydrogen-bond donors (Lipinski definition) is 0. The van der Waals surface area contributed by atoms with E-state index in [1.165, 1.54) is 10.9 Å². The maximum absolute atomic E-state index is 12.5. The molecule has 0 spiro atoms. The molecule has 0 aliphatic carbocycles. The van der Waals surface area contributed by atoms with Gasteiger partial charge in [0.1, 0.15) is 12.3 Å². The second kappa shape index (κ2) is 5.35. The number of fused-ring (bicyclic) bond motifs is 2. The van der Waals surface area contributed by atoms with Crippen molar-refractivity contribution in [1.82, 2.24) is 19.6 Å². The van der Waals surface area contributed by atoms with E-state index >= 15 is 0 Å². The van der Waals surface area contributed by atoms with E-state index in [1.54, 1.807) is 29.3 Å². The second-order valence-corrected chi connectivity index (χ2v) is 5.53. The highest BCUT2D eigenvalue weighted by molar-refractivity contribution is 5.79. The molecule has 1 aliphatic heterocycles. The van der Waals surface area contributed by atoms with Crippen molar-refractivity contribution in [3.63, 3.8) is 0 Å². The fourth-order valence-electron chi connectivity index (χ4n) is 2.82. The number of benzene rings is 1. The number of carbonyl (C=O) groups excluding carboxylic acids is 1. The number of carbonyl (C=O) groups is 1. The molecule has 1 amide bonds. The van der Waals surface area contributed by atoms with Crippen LogP contribution in [0, 0.1) is 0 Å². The molecule has 2 aromatic heterocycles. The maximum atomic E-state index is 12.5. The van der Waals surface area contributed by atoms with Crippen LogP contribution in [0.25, 0.3) is 10.9 Å². The summed E-state index contributed by atoms with van der Waals surface area (Å²) >= 11 is 0. The third kappa shape index (κ3) is 2.40. The molecule has 4 rings (SSSR count). The first-order chi connectivity index (χ1) is 11.2. The summed E-state index contributed by atoms with van der Waals surface area (Å²) < 4.78 is 6.47. The molecule has 1 aromatic carbocycles. The van der Waals surface area contributed by atoms with E-state index in [9.17, 15) is 9.59 Å². The Bertz CT molecular complexity index is 944. The Hall–Kier alpha value is -2.96. The van der Waals surface area contributed by atoms with Crippen LogP contribution in [0.15, 0.2) is 46.1 Å². The van der Waals surface area contributed by atoms with Gasteiger partial charge in [-0.05, 0) is 12.1 Å². The number of hydrogen-bond acceptors (Lipinski definition) is 5. The first kappa shape index (κ1) is 13.7. The normalized spacial score (nSPS) is 14.0. The Balaban J connectivity index is 1.58. The van der Waals surface area contributed by atoms with Crippen molar-refractivity contribution < 1.29 is 9.32 Å². The monoisotopic (exact) mass is 310 g/mol. The zero-order chi connectivity index (χ0) is 15.8. The van der Waals surface area contributed by atoms with E-state index in [0.29, 0.717) is 30.4 Å². The van der Waals surface area contributed by atoms with Gasteiger partial charge in [-0.2, -0.15) is 0 Å². The smallest absolute Gasteiger partial charge is 0.261 e. The lowest BCUT2D eigenvalue weighted by molar-refractivity contribution is -0.132. The van der Waals surface area contributed by atoms with Crippen LogP contribution in [0.5, 0.6) is 0 Å². The Morgan fingerprint density at radius 2 is 2.17 bits per heavy atom. The van der Waals surface area contributed by atoms with Crippen LogP contribution in [0.2, 0.25) is 0 Å². The minimum absolute atomic E-state index is 0.0166. The fraction of sp³-hybridized carbons (Fsp3) is 0.250. The zero-order valence-corrected chi connectivity index (χ0v) is 12.3. The minimum atomic E-state index is -0.202. The van der Waals surface area contributed by atoms with E-state index in [4.69, 9.17) is 4.52 Å². The summed E-state index contributed by atoms with van der Waals surface area (Å²) in [4.78, 5) is 30.9. The molecule has 0 unspecified atom stereocenters. The van der Waals surface area contributed by atoms with Crippen LogP contribution in [0.3, 0.4) is 0 Å². The third-order valence-electron chi connectivity index (χ3n) is 4.09. The van der Waals surface area contributed by atoms with Gasteiger partial charge in [-0.25, -0.2) is 4.98 Å². The molecule has 7 nitrogen and oxygen atoms in total. The largest absolute Gasteiger partial charge is 0.361 e. The van der Waals surface area contributed by atoms with Crippen molar-refractivity contribution in [2.45, 2.75) is 19.5 Å². The highest BCUT2D eigenvalue weighted by Gasteiger charge is 2.23. The number of rotatable bonds is 2. The molecule has 0 fully saturated rings. The van der Waals surface area contributed by atoms with Gasteiger partial charge in [-0.15, -0.1) is 0 Å². The first-order valence-corrected chi connectivity index (χ1v) is 7.37. The van der Waals surface area contributed by atoms with Crippen molar-refractivity contribution in [3.05, 3.63) is 58.5 Å². The number of nitrogens with zero attached hydrogens (tertiary/aromatic N) is 4. The molecule has 7 heteroatoms. The zero-order valence-electron chi connectivity index (χ0n) is 12.3. The van der Waals surface area contributed by atoms with E-state index in [-0.39, 0.29) is 18.0 Å². The highest BCUT2D eigenvalue weighted by Crippen LogP contribution is 2.18. The van der Waals surface area contributed by atoms with Crippen LogP contribution in [0.1, 0.15) is 11.3 Å². The molecule has 0 radical (unpaired) electrons. The predicted molar refractivity (Wildman–Crippen MR) is 81.6 cm³/mol. The molecule has 0 N–H and O–H groups in total. The number of amides is 1. The van der Waals surface area contributed by atoms with Crippen molar-refractivity contribution in [2.75, 3.05) is 6.54 Å². The average molecular weight is 310 g/mol. The molecule has 116 valence electrons. The Morgan fingerprint density at radius 3 is 3.09 bits per heavy atom. The predicted octanol–water partition coefficient (Wildman–Crippen LogP) is 0.969. The van der Waals surface area contributed by atoms with Crippen LogP contribution >= 0.6 is 0 Å². The maximum Gasteiger partial charge on any atom is 0.261 e. The molecule has 3 aromatic rings. The lowest BCUT2D eigenvalue weighted by atomic mass is 10.1. The lowest BCUT2D eigenvalue weighted by Crippen LogP contribution is -2.39. The molecule has 3 heterocycles. The van der Waals surface area contributed by atoms with Crippen LogP contribution in [-0.2, 0) is 24.3 Å². The van der Waals surface area contributed by atoms with Gasteiger partial charge in [-0.3, -0.25) is 14.2 Å². The Kier molecular flexibility index (Phi) is 3.18. The summed E-state index contributed by atoms with van der Waals surface area (Å²) in [5, 5.41) is 4.27. The summed E-state index contributed by atoms with van der Waals surface area (Å²) in [5.74, 6) is 0.717. The molecular weight excluding hydrogens is 296 g/mol. The fourth-order valence-corrected chi connectivity index (χ4v) is 2.82. The van der Waals surface area contributed by atoms with Gasteiger partial charge >= 0.3 is 0 Å². The molecule has 1 aliphatic rings. The molecule has 0 saturated carbocycles. The van der Waals surface area contributed by atoms with Crippen molar-refractivity contribution in [1.29, 1.82) is 0 Å². The first-order valence-electron chi connectivity index (χ1n) is 7.37. The summed E-state index contributed by atoms with van der Waals surface area (Å²) in [5.41, 5.74) is 1.36. The van der Waals surface area contributed by atoms with Crippen molar-refractivity contribution in [2.24, 2.45) is 0 Å². The van der Waals surface area contributed by atoms with E-state index in [0.717, 1.165) is 11.3 Å². The van der Waals surface area contributed by atoms with E-state index < -0.39 is 0 Å². The second-order valence-electron chi connectivity index (χ2n) is 5.53. The lowest BCUT2D eigenvalue weighted by Gasteiger charge is -2.25. The minimum Gasteiger partial charge on any atom is -0.361 e. The summed E-state index contributed by atoms with van der Waals surface area (Å²) in [6.45, 7) is 1.02. The van der Waals surface area contributed by atoms with Gasteiger partial charge in [0, 0.05) is 18.5 Å². The van der Waals surface area contributed by atoms with Crippen LogP contribution in [-0.4, -0.2) is 32.1 Å². The molecule has 0 saturated heterocycles. The van der Waals surface area contributed by atoms with Gasteiger partial charge in [0.15, 0.2) is 0 Å². The standard InChI is InChI=1S/C16H14N4O3/c21-15(19-6-5-14-11(8-19)7-18-23-14)9-20-10-17-13-4-2-1-3-12(13)16(20)22/h1-4,7,10H,5-6,8-9H2. The van der Waals surface area contributed by atoms with E-state index in [1.807, 2.05) is 6.07 Å². The quantitative estimate of drug-likeness (QED) is 0.704. The number of aromatic nitrogens is 3. The van der Waals surface area contributed by atoms with Crippen LogP contribution in [0.4, 0.5) is 0 Å². The number of para-hydroxylation sites is 1. The van der Waals surface area contributed by atoms with E-state index in [2.05, 4.69) is 10.1 Å². The van der Waals surface area contributed by atoms with Gasteiger partial charge in [0.25, 0.3) is 5.56 Å². The third-order valence-corrected chi connectivity index (χ3v) is 4.09. The molecular formula is C16H14N4O3. The Morgan fingerprint density at radius 1 is 1.30 bits per heavy atom. The average Bonchev–Trinajstić information content (AvgIpc) is 3.05. The van der Waals surface area contributed by atoms with Gasteiger partial charge < -0.3 is 9.42 Å². The molecule has 0 bridgehead atoms. The highest BCUT2D eigenvalue weighted by atomic mass is 16.5.